The summed E-state index contributed by atoms with van der Waals surface area (Å²) in [6.45, 7) is 13.2. The zero-order valence-electron chi connectivity index (χ0n) is 42.3. The molecule has 0 spiro atoms. The summed E-state index contributed by atoms with van der Waals surface area (Å²) in [6.07, 6.45) is 38.3. The molecule has 1 aliphatic heterocycles. The average molecular weight is 893 g/mol. The molecule has 0 amide bonds. The second-order valence-corrected chi connectivity index (χ2v) is 19.3. The summed E-state index contributed by atoms with van der Waals surface area (Å²) in [5.41, 5.74) is 0. The Kier molecular flexibility index (Phi) is 40.4. The number of carbonyl (C=O) groups is 3. The van der Waals surface area contributed by atoms with Crippen LogP contribution in [0.1, 0.15) is 252 Å². The normalized spacial score (nSPS) is 16.4. The van der Waals surface area contributed by atoms with Crippen LogP contribution in [-0.2, 0) is 28.6 Å². The number of carbonyl (C=O) groups excluding carboxylic acids is 3. The third-order valence-corrected chi connectivity index (χ3v) is 13.6. The molecule has 0 radical (unpaired) electrons. The topological polar surface area (TPSA) is 106 Å². The smallest absolute Gasteiger partial charge is 0.323 e. The van der Waals surface area contributed by atoms with Crippen molar-refractivity contribution in [3.8, 4) is 0 Å². The van der Waals surface area contributed by atoms with E-state index in [0.29, 0.717) is 19.8 Å². The van der Waals surface area contributed by atoms with E-state index >= 15 is 0 Å². The number of hydrogen-bond donors (Lipinski definition) is 1. The molecule has 0 aliphatic carbocycles. The Bertz CT molecular complexity index is 1060. The summed E-state index contributed by atoms with van der Waals surface area (Å²) in [5, 5.41) is 9.30. The highest BCUT2D eigenvalue weighted by molar-refractivity contribution is 5.76. The van der Waals surface area contributed by atoms with Crippen LogP contribution in [0.2, 0.25) is 0 Å². The minimum atomic E-state index is -0.233. The Morgan fingerprint density at radius 1 is 0.508 bits per heavy atom. The maximum absolute atomic E-state index is 13.5. The van der Waals surface area contributed by atoms with Gasteiger partial charge in [-0.2, -0.15) is 0 Å². The molecule has 9 nitrogen and oxygen atoms in total. The van der Waals surface area contributed by atoms with E-state index in [1.54, 1.807) is 0 Å². The van der Waals surface area contributed by atoms with Gasteiger partial charge in [-0.15, -0.1) is 0 Å². The molecule has 9 heteroatoms. The van der Waals surface area contributed by atoms with Crippen LogP contribution in [0.5, 0.6) is 0 Å². The lowest BCUT2D eigenvalue weighted by molar-refractivity contribution is -0.150. The number of nitrogens with zero attached hydrogens (tertiary/aromatic N) is 2. The van der Waals surface area contributed by atoms with E-state index in [-0.39, 0.29) is 48.4 Å². The molecule has 1 aliphatic rings. The van der Waals surface area contributed by atoms with Gasteiger partial charge in [0.05, 0.1) is 31.7 Å². The Balaban J connectivity index is 2.48. The fourth-order valence-corrected chi connectivity index (χ4v) is 9.26. The van der Waals surface area contributed by atoms with Crippen LogP contribution < -0.4 is 0 Å². The number of aliphatic hydroxyl groups excluding tert-OH is 1. The summed E-state index contributed by atoms with van der Waals surface area (Å²) in [4.78, 5) is 44.3. The first-order valence-corrected chi connectivity index (χ1v) is 27.4. The van der Waals surface area contributed by atoms with Gasteiger partial charge in [0.1, 0.15) is 6.04 Å². The summed E-state index contributed by atoms with van der Waals surface area (Å²) >= 11 is 0. The predicted octanol–water partition coefficient (Wildman–Crippen LogP) is 13.6. The monoisotopic (exact) mass is 893 g/mol. The Morgan fingerprint density at radius 2 is 0.889 bits per heavy atom. The zero-order chi connectivity index (χ0) is 46.0. The van der Waals surface area contributed by atoms with Gasteiger partial charge in [0.15, 0.2) is 0 Å². The lowest BCUT2D eigenvalue weighted by Gasteiger charge is -2.24. The van der Waals surface area contributed by atoms with Crippen LogP contribution in [0, 0.1) is 11.8 Å². The lowest BCUT2D eigenvalue weighted by atomic mass is 9.94. The molecule has 1 heterocycles. The number of unbranched alkanes of at least 4 members (excludes halogenated alkanes) is 23. The first kappa shape index (κ1) is 59.3. The van der Waals surface area contributed by atoms with Crippen LogP contribution in [0.3, 0.4) is 0 Å². The van der Waals surface area contributed by atoms with Gasteiger partial charge in [0.2, 0.25) is 0 Å². The Hall–Kier alpha value is -1.71. The van der Waals surface area contributed by atoms with Crippen molar-refractivity contribution in [2.75, 3.05) is 53.1 Å². The molecular formula is C54H104N2O7. The second kappa shape index (κ2) is 42.9. The number of esters is 3. The van der Waals surface area contributed by atoms with Gasteiger partial charge in [-0.1, -0.05) is 169 Å². The fraction of sp³-hybridized carbons (Fsp3) is 0.944. The Labute approximate surface area is 389 Å². The quantitative estimate of drug-likeness (QED) is 0.0363. The van der Waals surface area contributed by atoms with Gasteiger partial charge in [-0.25, -0.2) is 0 Å². The first-order chi connectivity index (χ1) is 30.8. The third-order valence-electron chi connectivity index (χ3n) is 13.6. The second-order valence-electron chi connectivity index (χ2n) is 19.3. The van der Waals surface area contributed by atoms with Gasteiger partial charge in [0.25, 0.3) is 0 Å². The lowest BCUT2D eigenvalue weighted by Crippen LogP contribution is -2.38. The molecule has 372 valence electrons. The van der Waals surface area contributed by atoms with Crippen LogP contribution in [0.15, 0.2) is 0 Å². The van der Waals surface area contributed by atoms with Gasteiger partial charge < -0.3 is 24.2 Å². The molecule has 0 aromatic carbocycles. The average Bonchev–Trinajstić information content (AvgIpc) is 3.72. The van der Waals surface area contributed by atoms with Crippen LogP contribution in [-0.4, -0.2) is 98.0 Å². The Morgan fingerprint density at radius 3 is 1.33 bits per heavy atom. The molecule has 63 heavy (non-hydrogen) atoms. The predicted molar refractivity (Wildman–Crippen MR) is 263 cm³/mol. The molecule has 3 unspecified atom stereocenters. The molecule has 1 fully saturated rings. The summed E-state index contributed by atoms with van der Waals surface area (Å²) < 4.78 is 17.5. The van der Waals surface area contributed by atoms with E-state index in [1.165, 1.54) is 103 Å². The molecular weight excluding hydrogens is 789 g/mol. The molecule has 1 rings (SSSR count). The van der Waals surface area contributed by atoms with Crippen molar-refractivity contribution in [3.05, 3.63) is 0 Å². The number of rotatable bonds is 46. The van der Waals surface area contributed by atoms with Gasteiger partial charge >= 0.3 is 17.9 Å². The number of hydrogen-bond acceptors (Lipinski definition) is 9. The highest BCUT2D eigenvalue weighted by atomic mass is 16.5. The van der Waals surface area contributed by atoms with Crippen molar-refractivity contribution in [1.82, 2.24) is 9.80 Å². The van der Waals surface area contributed by atoms with E-state index in [9.17, 15) is 19.5 Å². The van der Waals surface area contributed by atoms with Crippen molar-refractivity contribution in [3.63, 3.8) is 0 Å². The SMILES string of the molecule is CCCCCCCCC(CCCCCC)C(=O)OCCCCCCOC(=O)[C@@H]1CC(N(C)CCCCO)CN1CCCCCCOC(=O)C(CCCCCC)CCCCCCCC. The maximum atomic E-state index is 13.5. The number of likely N-dealkylation sites (tertiary alicyclic amines) is 1. The van der Waals surface area contributed by atoms with Crippen molar-refractivity contribution < 1.29 is 33.7 Å². The zero-order valence-corrected chi connectivity index (χ0v) is 42.3. The minimum absolute atomic E-state index is 0.00351. The van der Waals surface area contributed by atoms with E-state index in [2.05, 4.69) is 44.5 Å². The third kappa shape index (κ3) is 31.8. The largest absolute Gasteiger partial charge is 0.465 e. The molecule has 0 saturated carbocycles. The van der Waals surface area contributed by atoms with E-state index in [1.807, 2.05) is 0 Å². The standard InChI is InChI=1S/C54H104N2O7/c1-6-10-14-18-20-28-38-48(36-26-16-12-8-3)52(58)61-43-33-23-22-30-41-56-47-50(55(5)40-31-32-42-57)46-51(56)54(60)63-45-35-25-24-34-44-62-53(59)49(37-27-17-13-9-4)39-29-21-19-15-11-7-2/h48-51,57H,6-47H2,1-5H3/t48?,49?,50?,51-/m0/s1. The number of ether oxygens (including phenoxy) is 3. The fourth-order valence-electron chi connectivity index (χ4n) is 9.26. The van der Waals surface area contributed by atoms with E-state index in [4.69, 9.17) is 14.2 Å². The molecule has 4 atom stereocenters. The number of likely N-dealkylation sites (N-methyl/N-ethyl adjacent to an activating group) is 1. The molecule has 1 saturated heterocycles. The van der Waals surface area contributed by atoms with E-state index < -0.39 is 0 Å². The summed E-state index contributed by atoms with van der Waals surface area (Å²) in [7, 11) is 2.14. The van der Waals surface area contributed by atoms with Gasteiger partial charge in [-0.3, -0.25) is 19.3 Å². The molecule has 1 N–H and O–H groups in total. The minimum Gasteiger partial charge on any atom is -0.465 e. The maximum Gasteiger partial charge on any atom is 0.323 e. The molecule has 0 bridgehead atoms. The highest BCUT2D eigenvalue weighted by Gasteiger charge is 2.39. The van der Waals surface area contributed by atoms with Crippen LogP contribution in [0.25, 0.3) is 0 Å². The summed E-state index contributed by atoms with van der Waals surface area (Å²) in [6, 6.07) is 0.0548. The van der Waals surface area contributed by atoms with Gasteiger partial charge in [-0.05, 0) is 104 Å². The van der Waals surface area contributed by atoms with Crippen LogP contribution >= 0.6 is 0 Å². The van der Waals surface area contributed by atoms with E-state index in [0.717, 1.165) is 142 Å². The van der Waals surface area contributed by atoms with Crippen molar-refractivity contribution in [1.29, 1.82) is 0 Å². The number of aliphatic hydroxyl groups is 1. The molecule has 0 aromatic rings. The van der Waals surface area contributed by atoms with Crippen molar-refractivity contribution in [2.45, 2.75) is 265 Å². The molecule has 0 aromatic heterocycles. The summed E-state index contributed by atoms with van der Waals surface area (Å²) in [5.74, 6) is 0.00469. The van der Waals surface area contributed by atoms with Crippen molar-refractivity contribution in [2.24, 2.45) is 11.8 Å². The van der Waals surface area contributed by atoms with Crippen LogP contribution in [0.4, 0.5) is 0 Å². The first-order valence-electron chi connectivity index (χ1n) is 27.4. The van der Waals surface area contributed by atoms with Gasteiger partial charge in [0, 0.05) is 19.2 Å². The highest BCUT2D eigenvalue weighted by Crippen LogP contribution is 2.25. The van der Waals surface area contributed by atoms with Crippen molar-refractivity contribution >= 4 is 17.9 Å².